The van der Waals surface area contributed by atoms with Crippen LogP contribution in [0.2, 0.25) is 5.02 Å². The minimum Gasteiger partial charge on any atom is -0.362 e. The summed E-state index contributed by atoms with van der Waals surface area (Å²) in [5.74, 6) is -0.770. The zero-order chi connectivity index (χ0) is 18.0. The van der Waals surface area contributed by atoms with Crippen LogP contribution in [-0.2, 0) is 10.5 Å². The molecule has 0 saturated carbocycles. The standard InChI is InChI=1S/C15H16ClF3N2O2S/c1-2-11-7-14(23,15(17,18)19)21(20-11)13(22)9-24-8-10-5-3-4-6-12(10)16/h3-6,23H,2,7-9H2,1H3/t14-/m0/s1. The number of amides is 1. The molecule has 1 aliphatic rings. The Labute approximate surface area is 146 Å². The molecule has 132 valence electrons. The molecule has 0 radical (unpaired) electrons. The van der Waals surface area contributed by atoms with E-state index in [1.165, 1.54) is 0 Å². The number of benzene rings is 1. The van der Waals surface area contributed by atoms with Gasteiger partial charge in [0.05, 0.1) is 5.75 Å². The van der Waals surface area contributed by atoms with E-state index in [0.717, 1.165) is 17.3 Å². The van der Waals surface area contributed by atoms with E-state index in [4.69, 9.17) is 11.6 Å². The van der Waals surface area contributed by atoms with E-state index in [0.29, 0.717) is 10.8 Å². The van der Waals surface area contributed by atoms with E-state index < -0.39 is 24.2 Å². The second-order valence-electron chi connectivity index (χ2n) is 5.30. The Hall–Kier alpha value is -1.25. The molecule has 1 aromatic rings. The second-order valence-corrected chi connectivity index (χ2v) is 6.69. The number of hydrogen-bond donors (Lipinski definition) is 1. The van der Waals surface area contributed by atoms with E-state index in [2.05, 4.69) is 5.10 Å². The van der Waals surface area contributed by atoms with Crippen LogP contribution < -0.4 is 0 Å². The first-order valence-electron chi connectivity index (χ1n) is 7.18. The summed E-state index contributed by atoms with van der Waals surface area (Å²) in [5, 5.41) is 14.3. The van der Waals surface area contributed by atoms with Gasteiger partial charge in [-0.3, -0.25) is 4.79 Å². The fourth-order valence-electron chi connectivity index (χ4n) is 2.22. The predicted molar refractivity (Wildman–Crippen MR) is 87.8 cm³/mol. The maximum Gasteiger partial charge on any atom is 0.438 e. The van der Waals surface area contributed by atoms with E-state index in [-0.39, 0.29) is 22.9 Å². The van der Waals surface area contributed by atoms with Gasteiger partial charge in [-0.2, -0.15) is 23.3 Å². The molecule has 1 heterocycles. The predicted octanol–water partition coefficient (Wildman–Crippen LogP) is 3.82. The number of thioether (sulfide) groups is 1. The van der Waals surface area contributed by atoms with E-state index in [1.54, 1.807) is 31.2 Å². The fraction of sp³-hybridized carbons (Fsp3) is 0.467. The lowest BCUT2D eigenvalue weighted by atomic mass is 10.1. The molecule has 0 spiro atoms. The number of alkyl halides is 3. The highest BCUT2D eigenvalue weighted by Crippen LogP contribution is 2.41. The molecule has 1 aliphatic heterocycles. The molecular formula is C15H16ClF3N2O2S. The Balaban J connectivity index is 2.04. The molecule has 4 nitrogen and oxygen atoms in total. The van der Waals surface area contributed by atoms with Crippen LogP contribution in [0.3, 0.4) is 0 Å². The summed E-state index contributed by atoms with van der Waals surface area (Å²) < 4.78 is 39.5. The summed E-state index contributed by atoms with van der Waals surface area (Å²) in [7, 11) is 0. The van der Waals surface area contributed by atoms with Gasteiger partial charge in [0.25, 0.3) is 11.6 Å². The molecule has 1 N–H and O–H groups in total. The second kappa shape index (κ2) is 7.33. The van der Waals surface area contributed by atoms with Crippen molar-refractivity contribution in [3.63, 3.8) is 0 Å². The SMILES string of the molecule is CCC1=NN(C(=O)CSCc2ccccc2Cl)[C@@](O)(C(F)(F)F)C1. The number of nitrogens with zero attached hydrogens (tertiary/aromatic N) is 2. The number of carbonyl (C=O) groups is 1. The highest BCUT2D eigenvalue weighted by Gasteiger charge is 2.62. The summed E-state index contributed by atoms with van der Waals surface area (Å²) in [6.07, 6.45) is -5.46. The average Bonchev–Trinajstić information content (AvgIpc) is 2.87. The maximum atomic E-state index is 13.2. The summed E-state index contributed by atoms with van der Waals surface area (Å²) in [4.78, 5) is 12.1. The summed E-state index contributed by atoms with van der Waals surface area (Å²) in [5.41, 5.74) is -2.35. The van der Waals surface area contributed by atoms with Crippen LogP contribution >= 0.6 is 23.4 Å². The number of rotatable bonds is 5. The van der Waals surface area contributed by atoms with Crippen molar-refractivity contribution < 1.29 is 23.1 Å². The van der Waals surface area contributed by atoms with Crippen molar-refractivity contribution >= 4 is 35.0 Å². The minimum atomic E-state index is -4.98. The number of halogens is 4. The van der Waals surface area contributed by atoms with E-state index in [1.807, 2.05) is 0 Å². The number of aliphatic hydroxyl groups is 1. The molecule has 1 amide bonds. The first-order chi connectivity index (χ1) is 11.2. The van der Waals surface area contributed by atoms with E-state index >= 15 is 0 Å². The Kier molecular flexibility index (Phi) is 5.83. The molecule has 2 rings (SSSR count). The van der Waals surface area contributed by atoms with Crippen LogP contribution in [0.4, 0.5) is 13.2 Å². The number of carbonyl (C=O) groups excluding carboxylic acids is 1. The van der Waals surface area contributed by atoms with Crippen molar-refractivity contribution in [1.29, 1.82) is 0 Å². The molecule has 0 aliphatic carbocycles. The van der Waals surface area contributed by atoms with E-state index in [9.17, 15) is 23.1 Å². The van der Waals surface area contributed by atoms with Crippen molar-refractivity contribution in [3.8, 4) is 0 Å². The molecule has 0 bridgehead atoms. The van der Waals surface area contributed by atoms with Gasteiger partial charge in [0.1, 0.15) is 0 Å². The van der Waals surface area contributed by atoms with Crippen molar-refractivity contribution in [2.75, 3.05) is 5.75 Å². The molecule has 1 atom stereocenters. The summed E-state index contributed by atoms with van der Waals surface area (Å²) in [6, 6.07) is 7.01. The lowest BCUT2D eigenvalue weighted by Crippen LogP contribution is -2.57. The van der Waals surface area contributed by atoms with Crippen molar-refractivity contribution in [2.45, 2.75) is 37.4 Å². The van der Waals surface area contributed by atoms with Gasteiger partial charge >= 0.3 is 6.18 Å². The highest BCUT2D eigenvalue weighted by molar-refractivity contribution is 7.99. The number of hydrazone groups is 1. The van der Waals surface area contributed by atoms with Crippen molar-refractivity contribution in [3.05, 3.63) is 34.9 Å². The van der Waals surface area contributed by atoms with Crippen molar-refractivity contribution in [2.24, 2.45) is 5.10 Å². The molecule has 0 saturated heterocycles. The third-order valence-electron chi connectivity index (χ3n) is 3.58. The molecular weight excluding hydrogens is 365 g/mol. The van der Waals surface area contributed by atoms with Crippen molar-refractivity contribution in [1.82, 2.24) is 5.01 Å². The molecule has 0 aromatic heterocycles. The molecule has 0 fully saturated rings. The van der Waals surface area contributed by atoms with Crippen LogP contribution in [-0.4, -0.2) is 39.4 Å². The van der Waals surface area contributed by atoms with Crippen LogP contribution in [0.5, 0.6) is 0 Å². The third kappa shape index (κ3) is 3.87. The smallest absolute Gasteiger partial charge is 0.362 e. The topological polar surface area (TPSA) is 52.9 Å². The van der Waals surface area contributed by atoms with Gasteiger partial charge in [-0.15, -0.1) is 11.8 Å². The summed E-state index contributed by atoms with van der Waals surface area (Å²) in [6.45, 7) is 1.62. The Bertz CT molecular complexity index is 654. The monoisotopic (exact) mass is 380 g/mol. The van der Waals surface area contributed by atoms with Crippen LogP contribution in [0, 0.1) is 0 Å². The average molecular weight is 381 g/mol. The molecule has 24 heavy (non-hydrogen) atoms. The zero-order valence-electron chi connectivity index (χ0n) is 12.8. The van der Waals surface area contributed by atoms with Gasteiger partial charge < -0.3 is 5.11 Å². The van der Waals surface area contributed by atoms with Gasteiger partial charge in [0, 0.05) is 22.9 Å². The lowest BCUT2D eigenvalue weighted by Gasteiger charge is -2.32. The molecule has 1 aromatic carbocycles. The maximum absolute atomic E-state index is 13.2. The Morgan fingerprint density at radius 1 is 1.46 bits per heavy atom. The molecule has 0 unspecified atom stereocenters. The van der Waals surface area contributed by atoms with Gasteiger partial charge in [-0.1, -0.05) is 36.7 Å². The fourth-order valence-corrected chi connectivity index (χ4v) is 3.37. The van der Waals surface area contributed by atoms with Gasteiger partial charge in [0.2, 0.25) is 0 Å². The molecule has 9 heteroatoms. The quantitative estimate of drug-likeness (QED) is 0.844. The normalized spacial score (nSPS) is 21.1. The highest BCUT2D eigenvalue weighted by atomic mass is 35.5. The Morgan fingerprint density at radius 2 is 2.12 bits per heavy atom. The largest absolute Gasteiger partial charge is 0.438 e. The summed E-state index contributed by atoms with van der Waals surface area (Å²) >= 11 is 7.10. The first kappa shape index (κ1) is 19.1. The number of hydrogen-bond acceptors (Lipinski definition) is 4. The van der Waals surface area contributed by atoms with Crippen LogP contribution in [0.15, 0.2) is 29.4 Å². The minimum absolute atomic E-state index is 0.138. The zero-order valence-corrected chi connectivity index (χ0v) is 14.4. The first-order valence-corrected chi connectivity index (χ1v) is 8.72. The van der Waals surface area contributed by atoms with Crippen LogP contribution in [0.25, 0.3) is 0 Å². The van der Waals surface area contributed by atoms with Crippen LogP contribution in [0.1, 0.15) is 25.3 Å². The van der Waals surface area contributed by atoms with Gasteiger partial charge in [-0.05, 0) is 18.1 Å². The van der Waals surface area contributed by atoms with Gasteiger partial charge in [-0.25, -0.2) is 0 Å². The lowest BCUT2D eigenvalue weighted by molar-refractivity contribution is -0.301. The Morgan fingerprint density at radius 3 is 2.71 bits per heavy atom. The third-order valence-corrected chi connectivity index (χ3v) is 4.92. The van der Waals surface area contributed by atoms with Gasteiger partial charge in [0.15, 0.2) is 0 Å².